The average Bonchev–Trinajstić information content (AvgIpc) is 2.16. The van der Waals surface area contributed by atoms with E-state index in [1.807, 2.05) is 12.1 Å². The molecule has 5 heteroatoms. The van der Waals surface area contributed by atoms with Crippen molar-refractivity contribution in [1.82, 2.24) is 4.98 Å². The molecule has 0 aliphatic rings. The molecular weight excluding hydrogens is 174 g/mol. The van der Waals surface area contributed by atoms with E-state index in [0.29, 0.717) is 5.75 Å². The summed E-state index contributed by atoms with van der Waals surface area (Å²) in [5, 5.41) is 11.1. The molecule has 0 fully saturated rings. The van der Waals surface area contributed by atoms with E-state index in [0.717, 1.165) is 4.90 Å². The van der Waals surface area contributed by atoms with Gasteiger partial charge in [-0.15, -0.1) is 11.8 Å². The van der Waals surface area contributed by atoms with Crippen LogP contribution in [0.25, 0.3) is 0 Å². The molecule has 0 bridgehead atoms. The van der Waals surface area contributed by atoms with Gasteiger partial charge in [-0.1, -0.05) is 5.16 Å². The van der Waals surface area contributed by atoms with Crippen molar-refractivity contribution in [3.63, 3.8) is 0 Å². The fourth-order valence-electron chi connectivity index (χ4n) is 0.621. The van der Waals surface area contributed by atoms with Crippen LogP contribution < -0.4 is 5.73 Å². The zero-order chi connectivity index (χ0) is 8.81. The molecule has 0 aliphatic heterocycles. The lowest BCUT2D eigenvalue weighted by molar-refractivity contribution is 0.318. The molecular formula is C7H9N3OS. The monoisotopic (exact) mass is 183 g/mol. The van der Waals surface area contributed by atoms with E-state index in [1.54, 1.807) is 12.4 Å². The van der Waals surface area contributed by atoms with Crippen molar-refractivity contribution < 1.29 is 5.21 Å². The molecule has 0 amide bonds. The van der Waals surface area contributed by atoms with Gasteiger partial charge in [-0.25, -0.2) is 0 Å². The van der Waals surface area contributed by atoms with Crippen LogP contribution in [0.1, 0.15) is 0 Å². The van der Waals surface area contributed by atoms with Gasteiger partial charge in [-0.3, -0.25) is 4.98 Å². The maximum Gasteiger partial charge on any atom is 0.149 e. The number of oxime groups is 1. The van der Waals surface area contributed by atoms with Gasteiger partial charge in [0.05, 0.1) is 5.75 Å². The lowest BCUT2D eigenvalue weighted by atomic mass is 10.5. The summed E-state index contributed by atoms with van der Waals surface area (Å²) in [5.41, 5.74) is 5.28. The average molecular weight is 183 g/mol. The molecule has 1 heterocycles. The SMILES string of the molecule is NC(CSc1ccncc1)=NO. The van der Waals surface area contributed by atoms with Crippen LogP contribution >= 0.6 is 11.8 Å². The molecule has 4 nitrogen and oxygen atoms in total. The Balaban J connectivity index is 2.44. The van der Waals surface area contributed by atoms with E-state index >= 15 is 0 Å². The van der Waals surface area contributed by atoms with E-state index in [4.69, 9.17) is 10.9 Å². The summed E-state index contributed by atoms with van der Waals surface area (Å²) in [6.45, 7) is 0. The van der Waals surface area contributed by atoms with Crippen LogP contribution in [0.15, 0.2) is 34.6 Å². The molecule has 0 aromatic carbocycles. The molecule has 0 saturated carbocycles. The van der Waals surface area contributed by atoms with Gasteiger partial charge in [0.15, 0.2) is 0 Å². The van der Waals surface area contributed by atoms with Gasteiger partial charge in [0, 0.05) is 17.3 Å². The summed E-state index contributed by atoms with van der Waals surface area (Å²) in [6, 6.07) is 3.74. The van der Waals surface area contributed by atoms with Crippen LogP contribution in [0.5, 0.6) is 0 Å². The minimum Gasteiger partial charge on any atom is -0.409 e. The quantitative estimate of drug-likeness (QED) is 0.240. The van der Waals surface area contributed by atoms with Crippen LogP contribution in [-0.4, -0.2) is 21.8 Å². The second-order valence-corrected chi connectivity index (χ2v) is 3.11. The second kappa shape index (κ2) is 4.61. The van der Waals surface area contributed by atoms with E-state index in [1.165, 1.54) is 11.8 Å². The van der Waals surface area contributed by atoms with Gasteiger partial charge < -0.3 is 10.9 Å². The summed E-state index contributed by atoms with van der Waals surface area (Å²) in [4.78, 5) is 4.92. The van der Waals surface area contributed by atoms with Crippen molar-refractivity contribution in [3.05, 3.63) is 24.5 Å². The van der Waals surface area contributed by atoms with Crippen molar-refractivity contribution in [2.75, 3.05) is 5.75 Å². The highest BCUT2D eigenvalue weighted by atomic mass is 32.2. The van der Waals surface area contributed by atoms with Crippen LogP contribution in [0.2, 0.25) is 0 Å². The van der Waals surface area contributed by atoms with Gasteiger partial charge in [-0.2, -0.15) is 0 Å². The Morgan fingerprint density at radius 2 is 2.25 bits per heavy atom. The maximum absolute atomic E-state index is 8.25. The molecule has 1 rings (SSSR count). The third kappa shape index (κ3) is 2.79. The van der Waals surface area contributed by atoms with Crippen molar-refractivity contribution in [3.8, 4) is 0 Å². The third-order valence-corrected chi connectivity index (χ3v) is 2.21. The lowest BCUT2D eigenvalue weighted by Gasteiger charge is -1.97. The highest BCUT2D eigenvalue weighted by Crippen LogP contribution is 2.15. The standard InChI is InChI=1S/C7H9N3OS/c8-7(10-11)5-12-6-1-3-9-4-2-6/h1-4,11H,5H2,(H2,8,10). The number of hydrogen-bond acceptors (Lipinski definition) is 4. The van der Waals surface area contributed by atoms with Crippen LogP contribution in [0.4, 0.5) is 0 Å². The first kappa shape index (κ1) is 8.86. The van der Waals surface area contributed by atoms with Crippen molar-refractivity contribution in [1.29, 1.82) is 0 Å². The number of pyridine rings is 1. The smallest absolute Gasteiger partial charge is 0.149 e. The number of thioether (sulfide) groups is 1. The fraction of sp³-hybridized carbons (Fsp3) is 0.143. The molecule has 0 spiro atoms. The number of nitrogens with zero attached hydrogens (tertiary/aromatic N) is 2. The number of amidine groups is 1. The zero-order valence-electron chi connectivity index (χ0n) is 6.34. The summed E-state index contributed by atoms with van der Waals surface area (Å²) < 4.78 is 0. The summed E-state index contributed by atoms with van der Waals surface area (Å²) >= 11 is 1.50. The number of nitrogens with two attached hydrogens (primary N) is 1. The van der Waals surface area contributed by atoms with E-state index in [9.17, 15) is 0 Å². The minimum atomic E-state index is 0.219. The molecule has 12 heavy (non-hydrogen) atoms. The number of hydrogen-bond donors (Lipinski definition) is 2. The summed E-state index contributed by atoms with van der Waals surface area (Å²) in [7, 11) is 0. The van der Waals surface area contributed by atoms with E-state index in [-0.39, 0.29) is 5.84 Å². The van der Waals surface area contributed by atoms with Gasteiger partial charge in [-0.05, 0) is 12.1 Å². The Morgan fingerprint density at radius 1 is 1.58 bits per heavy atom. The molecule has 64 valence electrons. The molecule has 3 N–H and O–H groups in total. The Hall–Kier alpha value is -1.23. The largest absolute Gasteiger partial charge is 0.409 e. The Kier molecular flexibility index (Phi) is 3.40. The number of aromatic nitrogens is 1. The highest BCUT2D eigenvalue weighted by Gasteiger charge is 1.95. The van der Waals surface area contributed by atoms with Gasteiger partial charge in [0.1, 0.15) is 5.84 Å². The number of rotatable bonds is 3. The van der Waals surface area contributed by atoms with Crippen LogP contribution in [0, 0.1) is 0 Å². The summed E-state index contributed by atoms with van der Waals surface area (Å²) in [5.74, 6) is 0.706. The molecule has 1 aromatic heterocycles. The van der Waals surface area contributed by atoms with Gasteiger partial charge in [0.25, 0.3) is 0 Å². The fourth-order valence-corrected chi connectivity index (χ4v) is 1.31. The summed E-state index contributed by atoms with van der Waals surface area (Å²) in [6.07, 6.45) is 3.41. The third-order valence-electron chi connectivity index (χ3n) is 1.16. The van der Waals surface area contributed by atoms with E-state index in [2.05, 4.69) is 10.1 Å². The second-order valence-electron chi connectivity index (χ2n) is 2.06. The van der Waals surface area contributed by atoms with Gasteiger partial charge >= 0.3 is 0 Å². The molecule has 0 aliphatic carbocycles. The van der Waals surface area contributed by atoms with Crippen LogP contribution in [-0.2, 0) is 0 Å². The molecule has 0 atom stereocenters. The predicted octanol–water partition coefficient (Wildman–Crippen LogP) is 0.920. The normalized spacial score (nSPS) is 11.5. The zero-order valence-corrected chi connectivity index (χ0v) is 7.16. The minimum absolute atomic E-state index is 0.219. The van der Waals surface area contributed by atoms with Crippen molar-refractivity contribution in [2.24, 2.45) is 10.9 Å². The molecule has 0 radical (unpaired) electrons. The highest BCUT2D eigenvalue weighted by molar-refractivity contribution is 8.00. The van der Waals surface area contributed by atoms with E-state index < -0.39 is 0 Å². The maximum atomic E-state index is 8.25. The van der Waals surface area contributed by atoms with Crippen molar-refractivity contribution in [2.45, 2.75) is 4.90 Å². The van der Waals surface area contributed by atoms with Crippen molar-refractivity contribution >= 4 is 17.6 Å². The van der Waals surface area contributed by atoms with Gasteiger partial charge in [0.2, 0.25) is 0 Å². The molecule has 0 saturated heterocycles. The first-order chi connectivity index (χ1) is 5.83. The first-order valence-corrected chi connectivity index (χ1v) is 4.30. The predicted molar refractivity (Wildman–Crippen MR) is 48.4 cm³/mol. The Morgan fingerprint density at radius 3 is 2.83 bits per heavy atom. The Bertz CT molecular complexity index is 263. The topological polar surface area (TPSA) is 71.5 Å². The Labute approximate surface area is 74.5 Å². The first-order valence-electron chi connectivity index (χ1n) is 3.32. The molecule has 0 unspecified atom stereocenters. The molecule has 1 aromatic rings. The van der Waals surface area contributed by atoms with Crippen LogP contribution in [0.3, 0.4) is 0 Å². The lowest BCUT2D eigenvalue weighted by Crippen LogP contribution is -2.13.